The first-order chi connectivity index (χ1) is 10.7. The molecule has 0 saturated carbocycles. The molecule has 3 rings (SSSR count). The molecule has 1 saturated heterocycles. The van der Waals surface area contributed by atoms with Crippen LogP contribution in [-0.2, 0) is 11.3 Å². The maximum atomic E-state index is 12.8. The Kier molecular flexibility index (Phi) is 4.75. The van der Waals surface area contributed by atoms with Gasteiger partial charge in [0.2, 0.25) is 0 Å². The molecule has 0 radical (unpaired) electrons. The SMILES string of the molecule is Nc1ccc(C(=O)N(Cc2cccs2)CC2CCCO2)cc1. The summed E-state index contributed by atoms with van der Waals surface area (Å²) in [6.45, 7) is 2.06. The number of rotatable bonds is 5. The van der Waals surface area contributed by atoms with E-state index >= 15 is 0 Å². The van der Waals surface area contributed by atoms with Gasteiger partial charge in [-0.05, 0) is 48.6 Å². The highest BCUT2D eigenvalue weighted by Gasteiger charge is 2.23. The second-order valence-electron chi connectivity index (χ2n) is 5.52. The fourth-order valence-corrected chi connectivity index (χ4v) is 3.37. The van der Waals surface area contributed by atoms with Gasteiger partial charge in [-0.3, -0.25) is 4.79 Å². The number of nitrogens with two attached hydrogens (primary N) is 1. The summed E-state index contributed by atoms with van der Waals surface area (Å²) in [4.78, 5) is 15.9. The molecule has 1 amide bonds. The molecule has 5 heteroatoms. The number of nitrogen functional groups attached to an aromatic ring is 1. The van der Waals surface area contributed by atoms with Crippen molar-refractivity contribution in [2.75, 3.05) is 18.9 Å². The van der Waals surface area contributed by atoms with Crippen molar-refractivity contribution in [1.29, 1.82) is 0 Å². The quantitative estimate of drug-likeness (QED) is 0.862. The number of amides is 1. The maximum Gasteiger partial charge on any atom is 0.254 e. The van der Waals surface area contributed by atoms with E-state index in [4.69, 9.17) is 10.5 Å². The molecule has 1 aliphatic heterocycles. The van der Waals surface area contributed by atoms with Gasteiger partial charge in [0.05, 0.1) is 12.6 Å². The van der Waals surface area contributed by atoms with Gasteiger partial charge in [0, 0.05) is 29.3 Å². The molecule has 2 heterocycles. The largest absolute Gasteiger partial charge is 0.399 e. The monoisotopic (exact) mass is 316 g/mol. The molecule has 0 bridgehead atoms. The van der Waals surface area contributed by atoms with Gasteiger partial charge in [-0.15, -0.1) is 11.3 Å². The Bertz CT molecular complexity index is 604. The summed E-state index contributed by atoms with van der Waals surface area (Å²) < 4.78 is 5.70. The molecule has 1 aliphatic rings. The van der Waals surface area contributed by atoms with Crippen LogP contribution in [-0.4, -0.2) is 30.1 Å². The van der Waals surface area contributed by atoms with Crippen LogP contribution in [0.5, 0.6) is 0 Å². The predicted molar refractivity (Wildman–Crippen MR) is 88.9 cm³/mol. The van der Waals surface area contributed by atoms with Crippen LogP contribution in [0.2, 0.25) is 0 Å². The minimum atomic E-state index is 0.0314. The minimum Gasteiger partial charge on any atom is -0.399 e. The van der Waals surface area contributed by atoms with Gasteiger partial charge in [0.25, 0.3) is 5.91 Å². The minimum absolute atomic E-state index is 0.0314. The highest BCUT2D eigenvalue weighted by atomic mass is 32.1. The predicted octanol–water partition coefficient (Wildman–Crippen LogP) is 3.15. The normalized spacial score (nSPS) is 17.5. The Morgan fingerprint density at radius 1 is 1.32 bits per heavy atom. The fourth-order valence-electron chi connectivity index (χ4n) is 2.65. The molecule has 1 fully saturated rings. The molecule has 1 aromatic carbocycles. The van der Waals surface area contributed by atoms with E-state index in [9.17, 15) is 4.79 Å². The average molecular weight is 316 g/mol. The third-order valence-electron chi connectivity index (χ3n) is 3.82. The zero-order valence-corrected chi connectivity index (χ0v) is 13.2. The molecule has 1 atom stereocenters. The summed E-state index contributed by atoms with van der Waals surface area (Å²) in [6.07, 6.45) is 2.25. The lowest BCUT2D eigenvalue weighted by molar-refractivity contribution is 0.0509. The molecule has 0 spiro atoms. The Balaban J connectivity index is 1.76. The Hall–Kier alpha value is -1.85. The molecule has 2 aromatic rings. The van der Waals surface area contributed by atoms with Crippen molar-refractivity contribution in [3.63, 3.8) is 0 Å². The van der Waals surface area contributed by atoms with E-state index in [-0.39, 0.29) is 12.0 Å². The number of thiophene rings is 1. The second kappa shape index (κ2) is 6.94. The van der Waals surface area contributed by atoms with E-state index < -0.39 is 0 Å². The summed E-state index contributed by atoms with van der Waals surface area (Å²) in [6, 6.07) is 11.2. The second-order valence-corrected chi connectivity index (χ2v) is 6.55. The van der Waals surface area contributed by atoms with E-state index in [0.717, 1.165) is 19.4 Å². The number of benzene rings is 1. The maximum absolute atomic E-state index is 12.8. The van der Waals surface area contributed by atoms with Crippen molar-refractivity contribution in [2.45, 2.75) is 25.5 Å². The Labute approximate surface area is 134 Å². The molecular weight excluding hydrogens is 296 g/mol. The highest BCUT2D eigenvalue weighted by Crippen LogP contribution is 2.19. The standard InChI is InChI=1S/C17H20N2O2S/c18-14-7-5-13(6-8-14)17(20)19(11-15-3-1-9-21-15)12-16-4-2-10-22-16/h2,4-8,10,15H,1,3,9,11-12,18H2. The number of nitrogens with zero attached hydrogens (tertiary/aromatic N) is 1. The molecule has 2 N–H and O–H groups in total. The number of carbonyl (C=O) groups is 1. The van der Waals surface area contributed by atoms with Crippen molar-refractivity contribution in [1.82, 2.24) is 4.90 Å². The number of anilines is 1. The number of carbonyl (C=O) groups excluding carboxylic acids is 1. The number of hydrogen-bond acceptors (Lipinski definition) is 4. The summed E-state index contributed by atoms with van der Waals surface area (Å²) in [5.74, 6) is 0.0314. The van der Waals surface area contributed by atoms with Crippen LogP contribution in [0, 0.1) is 0 Å². The van der Waals surface area contributed by atoms with Crippen molar-refractivity contribution in [2.24, 2.45) is 0 Å². The van der Waals surface area contributed by atoms with Crippen molar-refractivity contribution in [3.05, 3.63) is 52.2 Å². The fraction of sp³-hybridized carbons (Fsp3) is 0.353. The van der Waals surface area contributed by atoms with Gasteiger partial charge in [0.15, 0.2) is 0 Å². The highest BCUT2D eigenvalue weighted by molar-refractivity contribution is 7.09. The summed E-state index contributed by atoms with van der Waals surface area (Å²) in [7, 11) is 0. The first kappa shape index (κ1) is 15.1. The zero-order chi connectivity index (χ0) is 15.4. The van der Waals surface area contributed by atoms with E-state index in [1.54, 1.807) is 35.6 Å². The van der Waals surface area contributed by atoms with Gasteiger partial charge >= 0.3 is 0 Å². The Morgan fingerprint density at radius 3 is 2.77 bits per heavy atom. The number of ether oxygens (including phenoxy) is 1. The van der Waals surface area contributed by atoms with Crippen molar-refractivity contribution in [3.8, 4) is 0 Å². The van der Waals surface area contributed by atoms with Crippen LogP contribution in [0.4, 0.5) is 5.69 Å². The molecule has 4 nitrogen and oxygen atoms in total. The first-order valence-corrected chi connectivity index (χ1v) is 8.39. The molecular formula is C17H20N2O2S. The van der Waals surface area contributed by atoms with Crippen molar-refractivity contribution >= 4 is 22.9 Å². The average Bonchev–Trinajstić information content (AvgIpc) is 3.20. The third kappa shape index (κ3) is 3.67. The molecule has 0 aliphatic carbocycles. The summed E-state index contributed by atoms with van der Waals surface area (Å²) >= 11 is 1.67. The van der Waals surface area contributed by atoms with Gasteiger partial charge in [-0.25, -0.2) is 0 Å². The topological polar surface area (TPSA) is 55.6 Å². The van der Waals surface area contributed by atoms with Gasteiger partial charge in [-0.1, -0.05) is 6.07 Å². The van der Waals surface area contributed by atoms with Crippen LogP contribution in [0.15, 0.2) is 41.8 Å². The lowest BCUT2D eigenvalue weighted by Gasteiger charge is -2.25. The summed E-state index contributed by atoms with van der Waals surface area (Å²) in [5, 5.41) is 2.03. The van der Waals surface area contributed by atoms with Crippen LogP contribution < -0.4 is 5.73 Å². The van der Waals surface area contributed by atoms with E-state index in [2.05, 4.69) is 6.07 Å². The van der Waals surface area contributed by atoms with Crippen molar-refractivity contribution < 1.29 is 9.53 Å². The zero-order valence-electron chi connectivity index (χ0n) is 12.4. The molecule has 1 aromatic heterocycles. The lowest BCUT2D eigenvalue weighted by Crippen LogP contribution is -2.36. The molecule has 116 valence electrons. The number of hydrogen-bond donors (Lipinski definition) is 1. The summed E-state index contributed by atoms with van der Waals surface area (Å²) in [5.41, 5.74) is 7.04. The smallest absolute Gasteiger partial charge is 0.254 e. The molecule has 22 heavy (non-hydrogen) atoms. The van der Waals surface area contributed by atoms with E-state index in [1.807, 2.05) is 16.3 Å². The van der Waals surface area contributed by atoms with Crippen LogP contribution in [0.3, 0.4) is 0 Å². The first-order valence-electron chi connectivity index (χ1n) is 7.51. The van der Waals surface area contributed by atoms with Crippen LogP contribution in [0.1, 0.15) is 28.1 Å². The molecule has 1 unspecified atom stereocenters. The lowest BCUT2D eigenvalue weighted by atomic mass is 10.1. The van der Waals surface area contributed by atoms with Crippen LogP contribution >= 0.6 is 11.3 Å². The van der Waals surface area contributed by atoms with Gasteiger partial charge in [-0.2, -0.15) is 0 Å². The Morgan fingerprint density at radius 2 is 2.14 bits per heavy atom. The van der Waals surface area contributed by atoms with Gasteiger partial charge < -0.3 is 15.4 Å². The van der Waals surface area contributed by atoms with Crippen LogP contribution in [0.25, 0.3) is 0 Å². The van der Waals surface area contributed by atoms with Gasteiger partial charge in [0.1, 0.15) is 0 Å². The third-order valence-corrected chi connectivity index (χ3v) is 4.68. The van der Waals surface area contributed by atoms with E-state index in [1.165, 1.54) is 4.88 Å². The van der Waals surface area contributed by atoms with E-state index in [0.29, 0.717) is 24.3 Å².